The second-order valence-corrected chi connectivity index (χ2v) is 7.27. The van der Waals surface area contributed by atoms with E-state index in [4.69, 9.17) is 27.9 Å². The van der Waals surface area contributed by atoms with Crippen molar-refractivity contribution < 1.29 is 4.74 Å². The van der Waals surface area contributed by atoms with Crippen LogP contribution in [0.3, 0.4) is 0 Å². The van der Waals surface area contributed by atoms with Gasteiger partial charge in [-0.05, 0) is 31.9 Å². The topological polar surface area (TPSA) is 21.3 Å². The van der Waals surface area contributed by atoms with Crippen LogP contribution in [0.5, 0.6) is 0 Å². The van der Waals surface area contributed by atoms with E-state index in [0.717, 1.165) is 46.7 Å². The fourth-order valence-corrected chi connectivity index (χ4v) is 4.37. The summed E-state index contributed by atoms with van der Waals surface area (Å²) in [5, 5.41) is 3.63. The Kier molecular flexibility index (Phi) is 5.97. The van der Waals surface area contributed by atoms with E-state index in [9.17, 15) is 0 Å². The minimum absolute atomic E-state index is 0.253. The Morgan fingerprint density at radius 2 is 2.26 bits per heavy atom. The predicted octanol–water partition coefficient (Wildman–Crippen LogP) is 4.91. The van der Waals surface area contributed by atoms with E-state index in [1.165, 1.54) is 11.3 Å². The van der Waals surface area contributed by atoms with Crippen molar-refractivity contribution in [3.05, 3.63) is 20.3 Å². The van der Waals surface area contributed by atoms with Crippen molar-refractivity contribution in [1.29, 1.82) is 0 Å². The van der Waals surface area contributed by atoms with Gasteiger partial charge in [0, 0.05) is 24.1 Å². The van der Waals surface area contributed by atoms with Crippen LogP contribution in [0, 0.1) is 5.92 Å². The van der Waals surface area contributed by atoms with Crippen LogP contribution in [-0.4, -0.2) is 19.3 Å². The molecule has 1 aromatic rings. The normalized spacial score (nSPS) is 24.8. The third-order valence-corrected chi connectivity index (χ3v) is 5.24. The van der Waals surface area contributed by atoms with Gasteiger partial charge < -0.3 is 10.1 Å². The zero-order valence-electron chi connectivity index (χ0n) is 11.4. The van der Waals surface area contributed by atoms with Crippen molar-refractivity contribution in [1.82, 2.24) is 5.32 Å². The van der Waals surface area contributed by atoms with E-state index in [1.54, 1.807) is 0 Å². The van der Waals surface area contributed by atoms with Crippen LogP contribution in [0.1, 0.15) is 44.7 Å². The quantitative estimate of drug-likeness (QED) is 0.803. The van der Waals surface area contributed by atoms with Crippen LogP contribution >= 0.6 is 34.5 Å². The van der Waals surface area contributed by atoms with Gasteiger partial charge >= 0.3 is 0 Å². The third-order valence-electron chi connectivity index (χ3n) is 3.72. The number of ether oxygens (including phenoxy) is 1. The van der Waals surface area contributed by atoms with Gasteiger partial charge in [-0.3, -0.25) is 0 Å². The SMILES string of the molecule is CCCNC(c1cc(Cl)sc1Cl)C1CCOC1CC. The first-order chi connectivity index (χ1) is 9.17. The van der Waals surface area contributed by atoms with Gasteiger partial charge in [-0.25, -0.2) is 0 Å². The molecule has 0 amide bonds. The third kappa shape index (κ3) is 3.64. The Balaban J connectivity index is 2.22. The van der Waals surface area contributed by atoms with E-state index in [1.807, 2.05) is 6.07 Å². The summed E-state index contributed by atoms with van der Waals surface area (Å²) in [5.74, 6) is 0.486. The molecule has 1 fully saturated rings. The number of hydrogen-bond donors (Lipinski definition) is 1. The molecule has 0 aromatic carbocycles. The van der Waals surface area contributed by atoms with Crippen molar-refractivity contribution in [2.45, 2.75) is 45.3 Å². The molecular formula is C14H21Cl2NOS. The van der Waals surface area contributed by atoms with Crippen molar-refractivity contribution in [2.24, 2.45) is 5.92 Å². The van der Waals surface area contributed by atoms with Gasteiger partial charge in [-0.1, -0.05) is 37.0 Å². The monoisotopic (exact) mass is 321 g/mol. The maximum Gasteiger partial charge on any atom is 0.0992 e. The molecule has 1 aliphatic rings. The molecule has 1 N–H and O–H groups in total. The highest BCUT2D eigenvalue weighted by molar-refractivity contribution is 7.20. The average molecular weight is 322 g/mol. The molecule has 1 saturated heterocycles. The fourth-order valence-electron chi connectivity index (χ4n) is 2.82. The van der Waals surface area contributed by atoms with Crippen LogP contribution in [0.25, 0.3) is 0 Å². The molecular weight excluding hydrogens is 301 g/mol. The number of hydrogen-bond acceptors (Lipinski definition) is 3. The zero-order chi connectivity index (χ0) is 13.8. The van der Waals surface area contributed by atoms with E-state index in [2.05, 4.69) is 19.2 Å². The summed E-state index contributed by atoms with van der Waals surface area (Å²) in [6, 6.07) is 2.26. The molecule has 0 aliphatic carbocycles. The molecule has 1 aliphatic heterocycles. The van der Waals surface area contributed by atoms with Gasteiger partial charge in [-0.15, -0.1) is 11.3 Å². The molecule has 0 spiro atoms. The Bertz CT molecular complexity index is 410. The molecule has 108 valence electrons. The zero-order valence-corrected chi connectivity index (χ0v) is 13.7. The average Bonchev–Trinajstić information content (AvgIpc) is 2.97. The van der Waals surface area contributed by atoms with Gasteiger partial charge in [0.25, 0.3) is 0 Å². The molecule has 0 radical (unpaired) electrons. The van der Waals surface area contributed by atoms with Gasteiger partial charge in [0.15, 0.2) is 0 Å². The van der Waals surface area contributed by atoms with E-state index in [-0.39, 0.29) is 6.04 Å². The highest BCUT2D eigenvalue weighted by atomic mass is 35.5. The molecule has 0 saturated carbocycles. The first kappa shape index (κ1) is 15.6. The summed E-state index contributed by atoms with van der Waals surface area (Å²) in [4.78, 5) is 0. The maximum absolute atomic E-state index is 6.34. The second kappa shape index (κ2) is 7.28. The molecule has 2 nitrogen and oxygen atoms in total. The Morgan fingerprint density at radius 1 is 1.47 bits per heavy atom. The molecule has 19 heavy (non-hydrogen) atoms. The summed E-state index contributed by atoms with van der Waals surface area (Å²) in [7, 11) is 0. The van der Waals surface area contributed by atoms with Crippen molar-refractivity contribution >= 4 is 34.5 Å². The lowest BCUT2D eigenvalue weighted by molar-refractivity contribution is 0.0774. The summed E-state index contributed by atoms with van der Waals surface area (Å²) in [6.45, 7) is 6.20. The minimum atomic E-state index is 0.253. The summed E-state index contributed by atoms with van der Waals surface area (Å²) in [6.07, 6.45) is 3.56. The van der Waals surface area contributed by atoms with Crippen LogP contribution < -0.4 is 5.32 Å². The molecule has 3 atom stereocenters. The summed E-state index contributed by atoms with van der Waals surface area (Å²) in [5.41, 5.74) is 1.14. The lowest BCUT2D eigenvalue weighted by atomic mass is 9.87. The molecule has 0 bridgehead atoms. The smallest absolute Gasteiger partial charge is 0.0992 e. The summed E-state index contributed by atoms with van der Waals surface area (Å²) >= 11 is 13.9. The Hall–Kier alpha value is 0.200. The minimum Gasteiger partial charge on any atom is -0.378 e. The Labute approximate surface area is 129 Å². The highest BCUT2D eigenvalue weighted by Crippen LogP contribution is 2.42. The predicted molar refractivity (Wildman–Crippen MR) is 83.5 cm³/mol. The van der Waals surface area contributed by atoms with Crippen molar-refractivity contribution in [3.8, 4) is 0 Å². The first-order valence-electron chi connectivity index (χ1n) is 6.97. The second-order valence-electron chi connectivity index (χ2n) is 4.98. The van der Waals surface area contributed by atoms with E-state index in [0.29, 0.717) is 12.0 Å². The largest absolute Gasteiger partial charge is 0.378 e. The highest BCUT2D eigenvalue weighted by Gasteiger charge is 2.35. The molecule has 3 unspecified atom stereocenters. The number of nitrogens with one attached hydrogen (secondary N) is 1. The van der Waals surface area contributed by atoms with Gasteiger partial charge in [0.2, 0.25) is 0 Å². The number of halogens is 2. The standard InChI is InChI=1S/C14H21Cl2NOS/c1-3-6-17-13(9-5-7-18-11(9)4-2)10-8-12(15)19-14(10)16/h8-9,11,13,17H,3-7H2,1-2H3. The van der Waals surface area contributed by atoms with Gasteiger partial charge in [0.1, 0.15) is 0 Å². The van der Waals surface area contributed by atoms with Crippen molar-refractivity contribution in [3.63, 3.8) is 0 Å². The van der Waals surface area contributed by atoms with Crippen LogP contribution in [-0.2, 0) is 4.74 Å². The molecule has 2 rings (SSSR count). The molecule has 5 heteroatoms. The number of rotatable bonds is 6. The molecule has 2 heterocycles. The van der Waals surface area contributed by atoms with Crippen LogP contribution in [0.4, 0.5) is 0 Å². The lowest BCUT2D eigenvalue weighted by Crippen LogP contribution is -2.33. The van der Waals surface area contributed by atoms with Crippen molar-refractivity contribution in [2.75, 3.05) is 13.2 Å². The maximum atomic E-state index is 6.34. The molecule has 1 aromatic heterocycles. The Morgan fingerprint density at radius 3 is 2.84 bits per heavy atom. The van der Waals surface area contributed by atoms with E-state index < -0.39 is 0 Å². The van der Waals surface area contributed by atoms with Gasteiger partial charge in [0.05, 0.1) is 14.8 Å². The number of thiophene rings is 1. The van der Waals surface area contributed by atoms with Crippen LogP contribution in [0.2, 0.25) is 8.67 Å². The summed E-state index contributed by atoms with van der Waals surface area (Å²) < 4.78 is 7.40. The van der Waals surface area contributed by atoms with E-state index >= 15 is 0 Å². The lowest BCUT2D eigenvalue weighted by Gasteiger charge is -2.28. The van der Waals surface area contributed by atoms with Crippen LogP contribution in [0.15, 0.2) is 6.07 Å². The fraction of sp³-hybridized carbons (Fsp3) is 0.714. The first-order valence-corrected chi connectivity index (χ1v) is 8.54. The van der Waals surface area contributed by atoms with Gasteiger partial charge in [-0.2, -0.15) is 0 Å².